The lowest BCUT2D eigenvalue weighted by Gasteiger charge is -2.31. The molecule has 1 aromatic carbocycles. The largest absolute Gasteiger partial charge is 0.462 e. The molecule has 0 unspecified atom stereocenters. The molecule has 0 saturated heterocycles. The van der Waals surface area contributed by atoms with Crippen molar-refractivity contribution < 1.29 is 23.9 Å². The highest BCUT2D eigenvalue weighted by Crippen LogP contribution is 2.43. The fourth-order valence-electron chi connectivity index (χ4n) is 3.72. The maximum absolute atomic E-state index is 13.3. The van der Waals surface area contributed by atoms with E-state index in [1.165, 1.54) is 6.08 Å². The quantitative estimate of drug-likeness (QED) is 0.653. The molecule has 0 amide bonds. The zero-order chi connectivity index (χ0) is 19.5. The second-order valence-corrected chi connectivity index (χ2v) is 7.18. The molecule has 0 aliphatic heterocycles. The molecule has 0 saturated carbocycles. The van der Waals surface area contributed by atoms with Crippen molar-refractivity contribution >= 4 is 34.2 Å². The lowest BCUT2D eigenvalue weighted by atomic mass is 9.69. The number of ether oxygens (including phenoxy) is 1. The lowest BCUT2D eigenvalue weighted by Crippen LogP contribution is -2.34. The molecule has 27 heavy (non-hydrogen) atoms. The average molecular weight is 363 g/mol. The molecule has 2 aromatic rings. The number of aromatic amines is 1. The van der Waals surface area contributed by atoms with Crippen molar-refractivity contribution in [1.82, 2.24) is 4.98 Å². The van der Waals surface area contributed by atoms with E-state index in [2.05, 4.69) is 4.98 Å². The molecule has 1 heterocycles. The van der Waals surface area contributed by atoms with Gasteiger partial charge < -0.3 is 9.72 Å². The Balaban J connectivity index is 1.96. The number of carbonyl (C=O) groups is 4. The molecule has 0 spiro atoms. The Morgan fingerprint density at radius 3 is 2.59 bits per heavy atom. The number of Topliss-reactive ketones (excluding diaryl/α,β-unsaturated/α-hetero) is 2. The maximum Gasteiger partial charge on any atom is 0.338 e. The zero-order valence-corrected chi connectivity index (χ0v) is 15.1. The van der Waals surface area contributed by atoms with Crippen LogP contribution in [0, 0.1) is 5.41 Å². The molecular weight excluding hydrogens is 346 g/mol. The van der Waals surface area contributed by atoms with Crippen LogP contribution in [0.4, 0.5) is 0 Å². The van der Waals surface area contributed by atoms with Gasteiger partial charge in [0.05, 0.1) is 29.0 Å². The highest BCUT2D eigenvalue weighted by atomic mass is 16.5. The number of hydrogen-bond donors (Lipinski definition) is 1. The Hall–Kier alpha value is -3.28. The minimum absolute atomic E-state index is 0.0721. The van der Waals surface area contributed by atoms with E-state index in [1.807, 2.05) is 0 Å². The first-order valence-corrected chi connectivity index (χ1v) is 8.67. The molecular formula is C21H17NO5. The number of benzene rings is 1. The second-order valence-electron chi connectivity index (χ2n) is 7.18. The molecule has 136 valence electrons. The molecule has 4 rings (SSSR count). The Labute approximate surface area is 154 Å². The lowest BCUT2D eigenvalue weighted by molar-refractivity contribution is -0.111. The predicted octanol–water partition coefficient (Wildman–Crippen LogP) is 3.19. The Bertz CT molecular complexity index is 1130. The molecule has 0 radical (unpaired) electrons. The number of carbonyl (C=O) groups excluding carboxylic acids is 4. The van der Waals surface area contributed by atoms with E-state index in [9.17, 15) is 19.2 Å². The molecule has 6 nitrogen and oxygen atoms in total. The van der Waals surface area contributed by atoms with Crippen LogP contribution in [0.15, 0.2) is 41.5 Å². The zero-order valence-electron chi connectivity index (χ0n) is 15.1. The molecule has 1 aromatic heterocycles. The topological polar surface area (TPSA) is 93.3 Å². The van der Waals surface area contributed by atoms with Crippen molar-refractivity contribution in [3.8, 4) is 0 Å². The van der Waals surface area contributed by atoms with E-state index in [0.717, 1.165) is 0 Å². The van der Waals surface area contributed by atoms with Crippen molar-refractivity contribution in [3.63, 3.8) is 0 Å². The summed E-state index contributed by atoms with van der Waals surface area (Å²) in [5.41, 5.74) is 0.533. The minimum atomic E-state index is -0.740. The van der Waals surface area contributed by atoms with Crippen molar-refractivity contribution in [3.05, 3.63) is 58.3 Å². The summed E-state index contributed by atoms with van der Waals surface area (Å²) in [7, 11) is 0. The maximum atomic E-state index is 13.3. The monoisotopic (exact) mass is 363 g/mol. The van der Waals surface area contributed by atoms with Crippen molar-refractivity contribution in [2.45, 2.75) is 20.8 Å². The number of ketones is 3. The van der Waals surface area contributed by atoms with Crippen LogP contribution in [-0.2, 0) is 9.53 Å². The second kappa shape index (κ2) is 5.61. The fraction of sp³-hybridized carbons (Fsp3) is 0.238. The van der Waals surface area contributed by atoms with Crippen molar-refractivity contribution in [1.29, 1.82) is 0 Å². The summed E-state index contributed by atoms with van der Waals surface area (Å²) in [5.74, 6) is -1.82. The minimum Gasteiger partial charge on any atom is -0.462 e. The van der Waals surface area contributed by atoms with Crippen LogP contribution in [0.1, 0.15) is 52.0 Å². The molecule has 0 atom stereocenters. The average Bonchev–Trinajstić information content (AvgIpc) is 3.01. The van der Waals surface area contributed by atoms with Crippen LogP contribution >= 0.6 is 0 Å². The normalized spacial score (nSPS) is 18.0. The third-order valence-electron chi connectivity index (χ3n) is 5.01. The standard InChI is InChI=1S/C21H17NO5/c1-4-27-20(26)10-5-6-12-11(9-10)14-17(22-12)19(25)15-13(23)7-8-21(2,3)16(15)18(14)24/h5-9,22H,4H2,1-3H3. The summed E-state index contributed by atoms with van der Waals surface area (Å²) >= 11 is 0. The first kappa shape index (κ1) is 17.1. The third-order valence-corrected chi connectivity index (χ3v) is 5.01. The number of nitrogens with one attached hydrogen (secondary N) is 1. The van der Waals surface area contributed by atoms with Crippen molar-refractivity contribution in [2.24, 2.45) is 5.41 Å². The van der Waals surface area contributed by atoms with Gasteiger partial charge in [-0.3, -0.25) is 14.4 Å². The summed E-state index contributed by atoms with van der Waals surface area (Å²) in [5, 5.41) is 0.471. The van der Waals surface area contributed by atoms with Crippen LogP contribution in [0.2, 0.25) is 0 Å². The summed E-state index contributed by atoms with van der Waals surface area (Å²) in [6.45, 7) is 5.53. The van der Waals surface area contributed by atoms with Gasteiger partial charge in [0, 0.05) is 21.9 Å². The molecule has 1 N–H and O–H groups in total. The van der Waals surface area contributed by atoms with Crippen LogP contribution < -0.4 is 0 Å². The van der Waals surface area contributed by atoms with Gasteiger partial charge in [0.2, 0.25) is 5.78 Å². The molecule has 0 fully saturated rings. The Morgan fingerprint density at radius 2 is 1.89 bits per heavy atom. The van der Waals surface area contributed by atoms with Gasteiger partial charge in [-0.15, -0.1) is 0 Å². The number of esters is 1. The van der Waals surface area contributed by atoms with Gasteiger partial charge in [0.1, 0.15) is 0 Å². The van der Waals surface area contributed by atoms with E-state index >= 15 is 0 Å². The molecule has 6 heteroatoms. The van der Waals surface area contributed by atoms with Gasteiger partial charge in [-0.05, 0) is 31.2 Å². The number of fused-ring (bicyclic) bond motifs is 3. The van der Waals surface area contributed by atoms with E-state index < -0.39 is 23.0 Å². The van der Waals surface area contributed by atoms with Gasteiger partial charge >= 0.3 is 5.97 Å². The molecule has 2 aliphatic carbocycles. The van der Waals surface area contributed by atoms with Crippen LogP contribution in [-0.4, -0.2) is 34.9 Å². The van der Waals surface area contributed by atoms with Gasteiger partial charge in [0.15, 0.2) is 11.6 Å². The summed E-state index contributed by atoms with van der Waals surface area (Å²) in [6, 6.07) is 4.75. The number of hydrogen-bond acceptors (Lipinski definition) is 5. The number of rotatable bonds is 2. The first-order valence-electron chi connectivity index (χ1n) is 8.67. The predicted molar refractivity (Wildman–Crippen MR) is 97.9 cm³/mol. The van der Waals surface area contributed by atoms with Gasteiger partial charge in [0.25, 0.3) is 0 Å². The summed E-state index contributed by atoms with van der Waals surface area (Å²) in [4.78, 5) is 53.6. The smallest absolute Gasteiger partial charge is 0.338 e. The molecule has 0 bridgehead atoms. The number of aromatic nitrogens is 1. The number of allylic oxidation sites excluding steroid dienone is 4. The van der Waals surface area contributed by atoms with E-state index in [4.69, 9.17) is 4.74 Å². The van der Waals surface area contributed by atoms with Crippen LogP contribution in [0.5, 0.6) is 0 Å². The van der Waals surface area contributed by atoms with E-state index in [-0.39, 0.29) is 34.8 Å². The van der Waals surface area contributed by atoms with E-state index in [1.54, 1.807) is 45.0 Å². The summed E-state index contributed by atoms with van der Waals surface area (Å²) in [6.07, 6.45) is 2.99. The van der Waals surface area contributed by atoms with Crippen LogP contribution in [0.25, 0.3) is 10.9 Å². The Kier molecular flexibility index (Phi) is 3.56. The summed E-state index contributed by atoms with van der Waals surface area (Å²) < 4.78 is 5.01. The third kappa shape index (κ3) is 2.33. The van der Waals surface area contributed by atoms with Crippen molar-refractivity contribution in [2.75, 3.05) is 6.61 Å². The van der Waals surface area contributed by atoms with E-state index in [0.29, 0.717) is 16.5 Å². The fourth-order valence-corrected chi connectivity index (χ4v) is 3.72. The van der Waals surface area contributed by atoms with Gasteiger partial charge in [-0.2, -0.15) is 0 Å². The Morgan fingerprint density at radius 1 is 1.15 bits per heavy atom. The highest BCUT2D eigenvalue weighted by Gasteiger charge is 2.44. The van der Waals surface area contributed by atoms with Gasteiger partial charge in [-0.1, -0.05) is 19.9 Å². The molecule has 2 aliphatic rings. The number of H-pyrrole nitrogens is 1. The SMILES string of the molecule is CCOC(=O)c1ccc2[nH]c3c(c2c1)C(=O)C1=C(C(=O)C=CC1(C)C)C3=O. The highest BCUT2D eigenvalue weighted by molar-refractivity contribution is 6.41. The van der Waals surface area contributed by atoms with Crippen LogP contribution in [0.3, 0.4) is 0 Å². The first-order chi connectivity index (χ1) is 12.8. The van der Waals surface area contributed by atoms with Gasteiger partial charge in [-0.25, -0.2) is 4.79 Å².